The molecule has 0 aromatic heterocycles. The van der Waals surface area contributed by atoms with Crippen LogP contribution >= 0.6 is 0 Å². The molecule has 1 nitrogen and oxygen atoms in total. The van der Waals surface area contributed by atoms with Gasteiger partial charge in [-0.1, -0.05) is 44.2 Å². The third kappa shape index (κ3) is 3.06. The van der Waals surface area contributed by atoms with E-state index in [2.05, 4.69) is 19.9 Å². The molecule has 0 radical (unpaired) electrons. The van der Waals surface area contributed by atoms with Gasteiger partial charge in [0.1, 0.15) is 0 Å². The van der Waals surface area contributed by atoms with Gasteiger partial charge in [0.2, 0.25) is 0 Å². The van der Waals surface area contributed by atoms with Gasteiger partial charge >= 0.3 is 0 Å². The smallest absolute Gasteiger partial charge is 0.0915 e. The first-order valence-electron chi connectivity index (χ1n) is 4.88. The van der Waals surface area contributed by atoms with E-state index in [9.17, 15) is 0 Å². The molecule has 1 heteroatoms. The second kappa shape index (κ2) is 5.24. The summed E-state index contributed by atoms with van der Waals surface area (Å²) in [4.78, 5) is 0. The SMILES string of the molecule is CC(C)CC(=CC#N)c1ccccc1. The molecule has 0 spiro atoms. The molecule has 0 atom stereocenters. The second-order valence-corrected chi connectivity index (χ2v) is 3.76. The topological polar surface area (TPSA) is 23.8 Å². The monoisotopic (exact) mass is 185 g/mol. The summed E-state index contributed by atoms with van der Waals surface area (Å²) in [5.41, 5.74) is 2.28. The number of rotatable bonds is 3. The van der Waals surface area contributed by atoms with Crippen molar-refractivity contribution in [2.75, 3.05) is 0 Å². The summed E-state index contributed by atoms with van der Waals surface area (Å²) in [6.45, 7) is 4.32. The van der Waals surface area contributed by atoms with Crippen molar-refractivity contribution in [1.29, 1.82) is 5.26 Å². The molecular formula is C13H15N. The van der Waals surface area contributed by atoms with Crippen molar-refractivity contribution in [2.45, 2.75) is 20.3 Å². The van der Waals surface area contributed by atoms with Gasteiger partial charge in [0, 0.05) is 6.08 Å². The normalized spacial score (nSPS) is 11.4. The van der Waals surface area contributed by atoms with Crippen molar-refractivity contribution >= 4 is 5.57 Å². The molecule has 1 rings (SSSR count). The van der Waals surface area contributed by atoms with Crippen LogP contribution in [0.25, 0.3) is 5.57 Å². The Hall–Kier alpha value is -1.55. The molecule has 0 heterocycles. The highest BCUT2D eigenvalue weighted by Gasteiger charge is 2.03. The lowest BCUT2D eigenvalue weighted by Crippen LogP contribution is -1.91. The van der Waals surface area contributed by atoms with Crippen LogP contribution < -0.4 is 0 Å². The minimum absolute atomic E-state index is 0.579. The summed E-state index contributed by atoms with van der Waals surface area (Å²) in [6, 6.07) is 12.2. The second-order valence-electron chi connectivity index (χ2n) is 3.76. The number of allylic oxidation sites excluding steroid dienone is 2. The molecule has 0 saturated heterocycles. The Balaban J connectivity index is 2.91. The third-order valence-corrected chi connectivity index (χ3v) is 2.01. The molecule has 0 amide bonds. The number of benzene rings is 1. The Morgan fingerprint density at radius 2 is 2.00 bits per heavy atom. The fourth-order valence-electron chi connectivity index (χ4n) is 1.43. The average Bonchev–Trinajstić information content (AvgIpc) is 2.18. The Morgan fingerprint density at radius 1 is 1.36 bits per heavy atom. The van der Waals surface area contributed by atoms with Gasteiger partial charge in [-0.3, -0.25) is 0 Å². The van der Waals surface area contributed by atoms with Crippen LogP contribution in [0.15, 0.2) is 36.4 Å². The molecule has 0 aliphatic heterocycles. The van der Waals surface area contributed by atoms with Crippen molar-refractivity contribution in [2.24, 2.45) is 5.92 Å². The summed E-state index contributed by atoms with van der Waals surface area (Å²) >= 11 is 0. The number of nitriles is 1. The minimum atomic E-state index is 0.579. The van der Waals surface area contributed by atoms with Gasteiger partial charge in [0.15, 0.2) is 0 Å². The van der Waals surface area contributed by atoms with E-state index < -0.39 is 0 Å². The maximum atomic E-state index is 8.68. The summed E-state index contributed by atoms with van der Waals surface area (Å²) in [5, 5.41) is 8.68. The van der Waals surface area contributed by atoms with E-state index in [1.165, 1.54) is 0 Å². The van der Waals surface area contributed by atoms with Gasteiger partial charge in [0.05, 0.1) is 6.07 Å². The largest absolute Gasteiger partial charge is 0.193 e. The minimum Gasteiger partial charge on any atom is -0.193 e. The zero-order valence-electron chi connectivity index (χ0n) is 8.70. The Bertz CT molecular complexity index is 341. The zero-order valence-corrected chi connectivity index (χ0v) is 8.70. The van der Waals surface area contributed by atoms with Gasteiger partial charge in [0.25, 0.3) is 0 Å². The maximum Gasteiger partial charge on any atom is 0.0915 e. The van der Waals surface area contributed by atoms with E-state index in [0.717, 1.165) is 17.6 Å². The van der Waals surface area contributed by atoms with Crippen molar-refractivity contribution in [3.8, 4) is 6.07 Å². The van der Waals surface area contributed by atoms with Crippen molar-refractivity contribution in [1.82, 2.24) is 0 Å². The van der Waals surface area contributed by atoms with Gasteiger partial charge < -0.3 is 0 Å². The van der Waals surface area contributed by atoms with Crippen LogP contribution in [0.5, 0.6) is 0 Å². The third-order valence-electron chi connectivity index (χ3n) is 2.01. The summed E-state index contributed by atoms with van der Waals surface area (Å²) in [6.07, 6.45) is 2.60. The molecule has 0 unspecified atom stereocenters. The standard InChI is InChI=1S/C13H15N/c1-11(2)10-13(8-9-14)12-6-4-3-5-7-12/h3-8,11H,10H2,1-2H3. The number of hydrogen-bond donors (Lipinski definition) is 0. The lowest BCUT2D eigenvalue weighted by molar-refractivity contribution is 0.673. The lowest BCUT2D eigenvalue weighted by Gasteiger charge is -2.08. The van der Waals surface area contributed by atoms with Crippen LogP contribution in [-0.4, -0.2) is 0 Å². The molecule has 14 heavy (non-hydrogen) atoms. The van der Waals surface area contributed by atoms with E-state index in [4.69, 9.17) is 5.26 Å². The van der Waals surface area contributed by atoms with E-state index >= 15 is 0 Å². The first kappa shape index (κ1) is 10.5. The summed E-state index contributed by atoms with van der Waals surface area (Å²) in [5.74, 6) is 0.579. The first-order valence-corrected chi connectivity index (χ1v) is 4.88. The van der Waals surface area contributed by atoms with E-state index in [1.807, 2.05) is 30.3 Å². The van der Waals surface area contributed by atoms with E-state index in [-0.39, 0.29) is 0 Å². The number of nitrogens with zero attached hydrogens (tertiary/aromatic N) is 1. The average molecular weight is 185 g/mol. The molecule has 0 fully saturated rings. The summed E-state index contributed by atoms with van der Waals surface area (Å²) < 4.78 is 0. The molecule has 0 aliphatic carbocycles. The van der Waals surface area contributed by atoms with E-state index in [0.29, 0.717) is 5.92 Å². The van der Waals surface area contributed by atoms with Gasteiger partial charge in [-0.2, -0.15) is 5.26 Å². The highest BCUT2D eigenvalue weighted by Crippen LogP contribution is 2.21. The molecule has 1 aromatic carbocycles. The van der Waals surface area contributed by atoms with Crippen LogP contribution in [-0.2, 0) is 0 Å². The van der Waals surface area contributed by atoms with Gasteiger partial charge in [-0.15, -0.1) is 0 Å². The van der Waals surface area contributed by atoms with Crippen molar-refractivity contribution < 1.29 is 0 Å². The lowest BCUT2D eigenvalue weighted by atomic mass is 9.96. The molecule has 0 saturated carbocycles. The molecule has 0 bridgehead atoms. The highest BCUT2D eigenvalue weighted by atomic mass is 14.2. The van der Waals surface area contributed by atoms with Crippen LogP contribution in [0.4, 0.5) is 0 Å². The highest BCUT2D eigenvalue weighted by molar-refractivity contribution is 5.67. The maximum absolute atomic E-state index is 8.68. The molecule has 1 aromatic rings. The van der Waals surface area contributed by atoms with Crippen molar-refractivity contribution in [3.05, 3.63) is 42.0 Å². The van der Waals surface area contributed by atoms with Crippen LogP contribution in [0.1, 0.15) is 25.8 Å². The zero-order chi connectivity index (χ0) is 10.4. The predicted molar refractivity (Wildman–Crippen MR) is 59.5 cm³/mol. The fraction of sp³-hybridized carbons (Fsp3) is 0.308. The Labute approximate surface area is 85.7 Å². The molecular weight excluding hydrogens is 170 g/mol. The molecule has 0 N–H and O–H groups in total. The van der Waals surface area contributed by atoms with Crippen LogP contribution in [0.3, 0.4) is 0 Å². The van der Waals surface area contributed by atoms with E-state index in [1.54, 1.807) is 6.08 Å². The van der Waals surface area contributed by atoms with Crippen molar-refractivity contribution in [3.63, 3.8) is 0 Å². The van der Waals surface area contributed by atoms with Crippen LogP contribution in [0.2, 0.25) is 0 Å². The molecule has 0 aliphatic rings. The first-order chi connectivity index (χ1) is 6.74. The fourth-order valence-corrected chi connectivity index (χ4v) is 1.43. The van der Waals surface area contributed by atoms with Gasteiger partial charge in [-0.05, 0) is 23.5 Å². The molecule has 72 valence electrons. The van der Waals surface area contributed by atoms with Crippen LogP contribution in [0, 0.1) is 17.2 Å². The Kier molecular flexibility index (Phi) is 3.94. The summed E-state index contributed by atoms with van der Waals surface area (Å²) in [7, 11) is 0. The number of hydrogen-bond acceptors (Lipinski definition) is 1. The quantitative estimate of drug-likeness (QED) is 0.659. The Morgan fingerprint density at radius 3 is 2.50 bits per heavy atom. The predicted octanol–water partition coefficient (Wildman–Crippen LogP) is 3.64. The van der Waals surface area contributed by atoms with Gasteiger partial charge in [-0.25, -0.2) is 0 Å².